The maximum absolute atomic E-state index is 5.48. The lowest BCUT2D eigenvalue weighted by atomic mass is 10.00. The van der Waals surface area contributed by atoms with E-state index in [9.17, 15) is 0 Å². The standard InChI is InChI=1S/C19H30N6O.ClH/c1-15(2)18(19-20-21-22-25(19)14-17-8-5-13-26-17)24-11-9-23(10-12-24)16-6-3-4-7-16;/h5,8,13,15-16,18H,3-4,6-7,9-12,14H2,1-2H3;1H/p-1. The van der Waals surface area contributed by atoms with Crippen molar-refractivity contribution in [2.45, 2.75) is 58.2 Å². The predicted molar refractivity (Wildman–Crippen MR) is 98.6 cm³/mol. The zero-order chi connectivity index (χ0) is 17.9. The Morgan fingerprint density at radius 1 is 1.15 bits per heavy atom. The van der Waals surface area contributed by atoms with Gasteiger partial charge < -0.3 is 16.8 Å². The van der Waals surface area contributed by atoms with E-state index in [0.29, 0.717) is 12.5 Å². The molecule has 1 unspecified atom stereocenters. The second-order valence-electron chi connectivity index (χ2n) is 7.97. The first-order valence-corrected chi connectivity index (χ1v) is 9.99. The van der Waals surface area contributed by atoms with Crippen LogP contribution in [-0.4, -0.2) is 62.2 Å². The van der Waals surface area contributed by atoms with Crippen LogP contribution in [0.2, 0.25) is 0 Å². The normalized spacial score (nSPS) is 20.9. The first kappa shape index (κ1) is 20.3. The Morgan fingerprint density at radius 2 is 1.89 bits per heavy atom. The van der Waals surface area contributed by atoms with Crippen LogP contribution in [0.1, 0.15) is 57.2 Å². The summed E-state index contributed by atoms with van der Waals surface area (Å²) in [5.74, 6) is 2.28. The van der Waals surface area contributed by atoms with Crippen LogP contribution >= 0.6 is 0 Å². The third-order valence-electron chi connectivity index (χ3n) is 5.92. The van der Waals surface area contributed by atoms with E-state index in [4.69, 9.17) is 4.42 Å². The SMILES string of the molecule is CC(C)C(c1nnnn1Cc1ccco1)N1CCN(C2CCCC2)CC1.[Cl-]. The fourth-order valence-corrected chi connectivity index (χ4v) is 4.62. The van der Waals surface area contributed by atoms with Gasteiger partial charge >= 0.3 is 0 Å². The number of aromatic nitrogens is 4. The highest BCUT2D eigenvalue weighted by atomic mass is 35.5. The van der Waals surface area contributed by atoms with Crippen LogP contribution in [0, 0.1) is 5.92 Å². The molecule has 1 aliphatic carbocycles. The minimum Gasteiger partial charge on any atom is -1.00 e. The van der Waals surface area contributed by atoms with Gasteiger partial charge in [-0.15, -0.1) is 5.10 Å². The van der Waals surface area contributed by atoms with Crippen LogP contribution in [0.4, 0.5) is 0 Å². The molecule has 2 aromatic heterocycles. The maximum atomic E-state index is 5.48. The maximum Gasteiger partial charge on any atom is 0.169 e. The summed E-state index contributed by atoms with van der Waals surface area (Å²) in [6, 6.07) is 4.93. The largest absolute Gasteiger partial charge is 1.00 e. The van der Waals surface area contributed by atoms with E-state index < -0.39 is 0 Å². The van der Waals surface area contributed by atoms with Crippen molar-refractivity contribution in [3.8, 4) is 0 Å². The van der Waals surface area contributed by atoms with Gasteiger partial charge in [0.1, 0.15) is 12.3 Å². The minimum atomic E-state index is 0. The summed E-state index contributed by atoms with van der Waals surface area (Å²) in [4.78, 5) is 5.27. The first-order valence-electron chi connectivity index (χ1n) is 9.99. The minimum absolute atomic E-state index is 0. The summed E-state index contributed by atoms with van der Waals surface area (Å²) < 4.78 is 7.38. The van der Waals surface area contributed by atoms with Crippen molar-refractivity contribution in [1.29, 1.82) is 0 Å². The molecule has 0 amide bonds. The van der Waals surface area contributed by atoms with Crippen molar-refractivity contribution in [3.63, 3.8) is 0 Å². The van der Waals surface area contributed by atoms with Crippen LogP contribution in [0.3, 0.4) is 0 Å². The molecule has 7 nitrogen and oxygen atoms in total. The molecule has 0 spiro atoms. The average molecular weight is 394 g/mol. The van der Waals surface area contributed by atoms with Gasteiger partial charge in [0.2, 0.25) is 0 Å². The number of tetrazole rings is 1. The van der Waals surface area contributed by atoms with E-state index in [1.807, 2.05) is 16.8 Å². The summed E-state index contributed by atoms with van der Waals surface area (Å²) in [5, 5.41) is 12.6. The van der Waals surface area contributed by atoms with Gasteiger partial charge in [-0.05, 0) is 41.3 Å². The highest BCUT2D eigenvalue weighted by Gasteiger charge is 2.33. The fraction of sp³-hybridized carbons (Fsp3) is 0.737. The third-order valence-corrected chi connectivity index (χ3v) is 5.92. The van der Waals surface area contributed by atoms with Gasteiger partial charge in [0.15, 0.2) is 5.82 Å². The highest BCUT2D eigenvalue weighted by Crippen LogP contribution is 2.30. The smallest absolute Gasteiger partial charge is 0.169 e. The number of rotatable bonds is 6. The van der Waals surface area contributed by atoms with E-state index in [0.717, 1.165) is 43.8 Å². The van der Waals surface area contributed by atoms with Crippen molar-refractivity contribution in [3.05, 3.63) is 30.0 Å². The molecule has 1 atom stereocenters. The lowest BCUT2D eigenvalue weighted by molar-refractivity contribution is -0.00000645. The molecule has 150 valence electrons. The first-order chi connectivity index (χ1) is 12.7. The molecule has 0 aromatic carbocycles. The summed E-state index contributed by atoms with van der Waals surface area (Å²) in [6.07, 6.45) is 7.27. The van der Waals surface area contributed by atoms with Crippen LogP contribution in [0.5, 0.6) is 0 Å². The molecule has 3 heterocycles. The number of furan rings is 1. The van der Waals surface area contributed by atoms with Crippen LogP contribution in [-0.2, 0) is 6.54 Å². The second kappa shape index (κ2) is 9.17. The van der Waals surface area contributed by atoms with Crippen molar-refractivity contribution in [2.24, 2.45) is 5.92 Å². The molecule has 2 aliphatic rings. The molecule has 2 aromatic rings. The number of nitrogens with zero attached hydrogens (tertiary/aromatic N) is 6. The van der Waals surface area contributed by atoms with E-state index in [-0.39, 0.29) is 18.4 Å². The highest BCUT2D eigenvalue weighted by molar-refractivity contribution is 5.03. The molecule has 0 N–H and O–H groups in total. The molecule has 0 bridgehead atoms. The molecular formula is C19H30ClN6O-. The van der Waals surface area contributed by atoms with Crippen molar-refractivity contribution in [2.75, 3.05) is 26.2 Å². The number of halogens is 1. The quantitative estimate of drug-likeness (QED) is 0.664. The molecular weight excluding hydrogens is 364 g/mol. The Hall–Kier alpha value is -1.44. The zero-order valence-corrected chi connectivity index (χ0v) is 17.1. The molecule has 0 radical (unpaired) electrons. The lowest BCUT2D eigenvalue weighted by Gasteiger charge is -2.42. The summed E-state index contributed by atoms with van der Waals surface area (Å²) in [5.41, 5.74) is 0. The Kier molecular flexibility index (Phi) is 6.89. The van der Waals surface area contributed by atoms with E-state index in [1.165, 1.54) is 25.7 Å². The fourth-order valence-electron chi connectivity index (χ4n) is 4.62. The molecule has 8 heteroatoms. The Morgan fingerprint density at radius 3 is 2.52 bits per heavy atom. The summed E-state index contributed by atoms with van der Waals surface area (Å²) in [6.45, 7) is 9.61. The molecule has 1 saturated heterocycles. The Balaban J connectivity index is 0.00000210. The van der Waals surface area contributed by atoms with Gasteiger partial charge in [-0.1, -0.05) is 26.7 Å². The third kappa shape index (κ3) is 4.52. The Bertz CT molecular complexity index is 674. The van der Waals surface area contributed by atoms with Gasteiger partial charge in [-0.2, -0.15) is 0 Å². The topological polar surface area (TPSA) is 63.2 Å². The molecule has 27 heavy (non-hydrogen) atoms. The van der Waals surface area contributed by atoms with Gasteiger partial charge in [0.25, 0.3) is 0 Å². The van der Waals surface area contributed by atoms with Crippen molar-refractivity contribution < 1.29 is 16.8 Å². The molecule has 1 aliphatic heterocycles. The number of piperazine rings is 1. The molecule has 4 rings (SSSR count). The van der Waals surface area contributed by atoms with E-state index in [1.54, 1.807) is 6.26 Å². The van der Waals surface area contributed by atoms with Gasteiger partial charge in [0, 0.05) is 32.2 Å². The van der Waals surface area contributed by atoms with Gasteiger partial charge in [-0.3, -0.25) is 9.80 Å². The van der Waals surface area contributed by atoms with Crippen LogP contribution < -0.4 is 12.4 Å². The monoisotopic (exact) mass is 393 g/mol. The average Bonchev–Trinajstić information content (AvgIpc) is 3.39. The molecule has 1 saturated carbocycles. The van der Waals surface area contributed by atoms with Gasteiger partial charge in [0.05, 0.1) is 12.3 Å². The number of hydrogen-bond acceptors (Lipinski definition) is 6. The predicted octanol–water partition coefficient (Wildman–Crippen LogP) is -0.424. The van der Waals surface area contributed by atoms with E-state index >= 15 is 0 Å². The van der Waals surface area contributed by atoms with Crippen molar-refractivity contribution in [1.82, 2.24) is 30.0 Å². The number of hydrogen-bond donors (Lipinski definition) is 0. The Labute approximate surface area is 167 Å². The van der Waals surface area contributed by atoms with E-state index in [2.05, 4.69) is 39.2 Å². The van der Waals surface area contributed by atoms with Crippen LogP contribution in [0.15, 0.2) is 22.8 Å². The summed E-state index contributed by atoms with van der Waals surface area (Å²) >= 11 is 0. The zero-order valence-electron chi connectivity index (χ0n) is 16.3. The lowest BCUT2D eigenvalue weighted by Crippen LogP contribution is -3.00. The van der Waals surface area contributed by atoms with Crippen LogP contribution in [0.25, 0.3) is 0 Å². The second-order valence-corrected chi connectivity index (χ2v) is 7.97. The van der Waals surface area contributed by atoms with Gasteiger partial charge in [-0.25, -0.2) is 4.68 Å². The molecule has 2 fully saturated rings. The summed E-state index contributed by atoms with van der Waals surface area (Å²) in [7, 11) is 0. The van der Waals surface area contributed by atoms with Crippen molar-refractivity contribution >= 4 is 0 Å².